The van der Waals surface area contributed by atoms with Crippen molar-refractivity contribution in [2.75, 3.05) is 18.0 Å². The summed E-state index contributed by atoms with van der Waals surface area (Å²) in [6, 6.07) is 5.57. The van der Waals surface area contributed by atoms with Gasteiger partial charge in [-0.25, -0.2) is 9.78 Å². The Morgan fingerprint density at radius 3 is 3.00 bits per heavy atom. The largest absolute Gasteiger partial charge is 0.476 e. The molecule has 0 spiro atoms. The number of nitrogens with zero attached hydrogens (tertiary/aromatic N) is 3. The summed E-state index contributed by atoms with van der Waals surface area (Å²) >= 11 is 0. The van der Waals surface area contributed by atoms with E-state index in [0.29, 0.717) is 11.5 Å². The Hall–Kier alpha value is -2.04. The van der Waals surface area contributed by atoms with E-state index < -0.39 is 5.97 Å². The third-order valence-corrected chi connectivity index (χ3v) is 4.44. The van der Waals surface area contributed by atoms with Crippen LogP contribution in [0, 0.1) is 5.92 Å². The molecule has 21 heavy (non-hydrogen) atoms. The lowest BCUT2D eigenvalue weighted by Crippen LogP contribution is -2.26. The van der Waals surface area contributed by atoms with Crippen LogP contribution in [-0.4, -0.2) is 33.6 Å². The number of carboxylic acid groups (broad SMARTS) is 1. The number of aromatic carboxylic acids is 1. The van der Waals surface area contributed by atoms with Crippen molar-refractivity contribution in [2.24, 2.45) is 5.92 Å². The third-order valence-electron chi connectivity index (χ3n) is 4.44. The zero-order chi connectivity index (χ0) is 14.8. The van der Waals surface area contributed by atoms with E-state index in [2.05, 4.69) is 16.8 Å². The molecule has 1 aliphatic heterocycles. The maximum atomic E-state index is 11.7. The summed E-state index contributed by atoms with van der Waals surface area (Å²) in [6.45, 7) is 4.01. The summed E-state index contributed by atoms with van der Waals surface area (Å²) in [6.07, 6.45) is 6.41. The van der Waals surface area contributed by atoms with E-state index in [1.165, 1.54) is 12.8 Å². The molecule has 2 aromatic rings. The molecule has 0 saturated carbocycles. The normalized spacial score (nSPS) is 19.7. The Labute approximate surface area is 124 Å². The number of rotatable bonds is 3. The van der Waals surface area contributed by atoms with Gasteiger partial charge in [0.15, 0.2) is 11.5 Å². The lowest BCUT2D eigenvalue weighted by Gasteiger charge is -2.20. The van der Waals surface area contributed by atoms with Gasteiger partial charge < -0.3 is 10.0 Å². The first kappa shape index (κ1) is 13.9. The lowest BCUT2D eigenvalue weighted by atomic mass is 9.98. The molecule has 1 aliphatic rings. The summed E-state index contributed by atoms with van der Waals surface area (Å²) < 4.78 is 1.67. The van der Waals surface area contributed by atoms with E-state index in [0.717, 1.165) is 31.8 Å². The second-order valence-corrected chi connectivity index (χ2v) is 5.71. The van der Waals surface area contributed by atoms with Crippen LogP contribution in [0.25, 0.3) is 5.65 Å². The van der Waals surface area contributed by atoms with Crippen LogP contribution < -0.4 is 4.90 Å². The maximum Gasteiger partial charge on any atom is 0.356 e. The van der Waals surface area contributed by atoms with Crippen LogP contribution in [0.3, 0.4) is 0 Å². The molecule has 0 radical (unpaired) electrons. The standard InChI is InChI=1S/C16H21N3O2/c1-2-12-6-5-9-18(11-8-12)15-14(16(20)21)19-10-4-3-7-13(19)17-15/h3-4,7,10,12H,2,5-6,8-9,11H2,1H3,(H,20,21). The Morgan fingerprint density at radius 1 is 1.38 bits per heavy atom. The monoisotopic (exact) mass is 287 g/mol. The van der Waals surface area contributed by atoms with Crippen LogP contribution in [0.1, 0.15) is 43.1 Å². The Kier molecular flexibility index (Phi) is 3.82. The summed E-state index contributed by atoms with van der Waals surface area (Å²) in [4.78, 5) is 18.4. The van der Waals surface area contributed by atoms with E-state index in [1.54, 1.807) is 10.6 Å². The molecule has 3 rings (SSSR count). The molecule has 1 unspecified atom stereocenters. The Morgan fingerprint density at radius 2 is 2.24 bits per heavy atom. The molecular formula is C16H21N3O2. The fourth-order valence-electron chi connectivity index (χ4n) is 3.19. The van der Waals surface area contributed by atoms with Crippen molar-refractivity contribution in [1.82, 2.24) is 9.38 Å². The molecular weight excluding hydrogens is 266 g/mol. The van der Waals surface area contributed by atoms with Crippen LogP contribution in [0.4, 0.5) is 5.82 Å². The van der Waals surface area contributed by atoms with Gasteiger partial charge in [0.05, 0.1) is 0 Å². The van der Waals surface area contributed by atoms with Crippen molar-refractivity contribution in [3.05, 3.63) is 30.1 Å². The van der Waals surface area contributed by atoms with Crippen molar-refractivity contribution in [3.8, 4) is 0 Å². The van der Waals surface area contributed by atoms with Crippen LogP contribution in [0.15, 0.2) is 24.4 Å². The van der Waals surface area contributed by atoms with Gasteiger partial charge in [0, 0.05) is 19.3 Å². The van der Waals surface area contributed by atoms with E-state index in [9.17, 15) is 9.90 Å². The molecule has 112 valence electrons. The van der Waals surface area contributed by atoms with Crippen molar-refractivity contribution in [1.29, 1.82) is 0 Å². The van der Waals surface area contributed by atoms with Gasteiger partial charge in [-0.1, -0.05) is 19.4 Å². The van der Waals surface area contributed by atoms with Gasteiger partial charge in [0.2, 0.25) is 0 Å². The van der Waals surface area contributed by atoms with Crippen molar-refractivity contribution >= 4 is 17.4 Å². The minimum Gasteiger partial charge on any atom is -0.476 e. The van der Waals surface area contributed by atoms with E-state index >= 15 is 0 Å². The topological polar surface area (TPSA) is 57.8 Å². The average molecular weight is 287 g/mol. The fraction of sp³-hybridized carbons (Fsp3) is 0.500. The molecule has 0 aromatic carbocycles. The molecule has 1 fully saturated rings. The second-order valence-electron chi connectivity index (χ2n) is 5.71. The number of hydrogen-bond donors (Lipinski definition) is 1. The molecule has 1 saturated heterocycles. The zero-order valence-electron chi connectivity index (χ0n) is 12.3. The van der Waals surface area contributed by atoms with Crippen molar-refractivity contribution < 1.29 is 9.90 Å². The molecule has 3 heterocycles. The van der Waals surface area contributed by atoms with Gasteiger partial charge in [0.1, 0.15) is 5.65 Å². The van der Waals surface area contributed by atoms with E-state index in [-0.39, 0.29) is 5.69 Å². The van der Waals surface area contributed by atoms with Gasteiger partial charge in [-0.05, 0) is 37.3 Å². The Balaban J connectivity index is 1.99. The minimum absolute atomic E-state index is 0.278. The van der Waals surface area contributed by atoms with Gasteiger partial charge in [-0.15, -0.1) is 0 Å². The summed E-state index contributed by atoms with van der Waals surface area (Å²) in [5, 5.41) is 9.56. The zero-order valence-corrected chi connectivity index (χ0v) is 12.3. The first-order valence-electron chi connectivity index (χ1n) is 7.66. The Bertz CT molecular complexity index is 650. The number of aromatic nitrogens is 2. The highest BCUT2D eigenvalue weighted by Gasteiger charge is 2.25. The second kappa shape index (κ2) is 5.76. The number of anilines is 1. The van der Waals surface area contributed by atoms with Crippen molar-refractivity contribution in [2.45, 2.75) is 32.6 Å². The highest BCUT2D eigenvalue weighted by molar-refractivity contribution is 5.93. The maximum absolute atomic E-state index is 11.7. The predicted octanol–water partition coefficient (Wildman–Crippen LogP) is 3.05. The van der Waals surface area contributed by atoms with Gasteiger partial charge >= 0.3 is 5.97 Å². The smallest absolute Gasteiger partial charge is 0.356 e. The fourth-order valence-corrected chi connectivity index (χ4v) is 3.19. The SMILES string of the molecule is CCC1CCCN(c2nc3ccccn3c2C(=O)O)CC1. The highest BCUT2D eigenvalue weighted by Crippen LogP contribution is 2.27. The van der Waals surface area contributed by atoms with E-state index in [1.807, 2.05) is 18.2 Å². The highest BCUT2D eigenvalue weighted by atomic mass is 16.4. The molecule has 0 amide bonds. The molecule has 0 aliphatic carbocycles. The number of imidazole rings is 1. The van der Waals surface area contributed by atoms with Gasteiger partial charge in [-0.2, -0.15) is 0 Å². The van der Waals surface area contributed by atoms with Crippen LogP contribution in [-0.2, 0) is 0 Å². The molecule has 1 atom stereocenters. The number of carbonyl (C=O) groups is 1. The summed E-state index contributed by atoms with van der Waals surface area (Å²) in [5.41, 5.74) is 0.974. The first-order chi connectivity index (χ1) is 10.2. The number of pyridine rings is 1. The average Bonchev–Trinajstić information content (AvgIpc) is 2.71. The van der Waals surface area contributed by atoms with Crippen LogP contribution in [0.5, 0.6) is 0 Å². The van der Waals surface area contributed by atoms with Crippen molar-refractivity contribution in [3.63, 3.8) is 0 Å². The summed E-state index contributed by atoms with van der Waals surface area (Å²) in [5.74, 6) is 0.450. The third kappa shape index (κ3) is 2.60. The molecule has 5 heteroatoms. The van der Waals surface area contributed by atoms with Crippen LogP contribution in [0.2, 0.25) is 0 Å². The molecule has 0 bridgehead atoms. The van der Waals surface area contributed by atoms with Gasteiger partial charge in [0.25, 0.3) is 0 Å². The predicted molar refractivity (Wildman–Crippen MR) is 82.0 cm³/mol. The lowest BCUT2D eigenvalue weighted by molar-refractivity contribution is 0.0690. The summed E-state index contributed by atoms with van der Waals surface area (Å²) in [7, 11) is 0. The van der Waals surface area contributed by atoms with Gasteiger partial charge in [-0.3, -0.25) is 4.40 Å². The first-order valence-corrected chi connectivity index (χ1v) is 7.66. The number of carboxylic acids is 1. The van der Waals surface area contributed by atoms with E-state index in [4.69, 9.17) is 0 Å². The van der Waals surface area contributed by atoms with Crippen LogP contribution >= 0.6 is 0 Å². The minimum atomic E-state index is -0.917. The quantitative estimate of drug-likeness (QED) is 0.942. The molecule has 2 aromatic heterocycles. The number of hydrogen-bond acceptors (Lipinski definition) is 3. The number of fused-ring (bicyclic) bond motifs is 1. The molecule has 5 nitrogen and oxygen atoms in total. The molecule has 1 N–H and O–H groups in total.